The maximum absolute atomic E-state index is 12.4. The summed E-state index contributed by atoms with van der Waals surface area (Å²) in [6.45, 7) is 23.1. The van der Waals surface area contributed by atoms with Crippen molar-refractivity contribution in [3.8, 4) is 0 Å². The number of rotatable bonds is 5. The molecule has 132 valence electrons. The summed E-state index contributed by atoms with van der Waals surface area (Å²) in [5, 5.41) is 0.0657. The summed E-state index contributed by atoms with van der Waals surface area (Å²) >= 11 is 0. The number of nitrogens with two attached hydrogens (primary N) is 1. The van der Waals surface area contributed by atoms with E-state index in [4.69, 9.17) is 14.6 Å². The minimum Gasteiger partial charge on any atom is -0.518 e. The zero-order valence-electron chi connectivity index (χ0n) is 16.5. The van der Waals surface area contributed by atoms with E-state index in [1.807, 2.05) is 6.92 Å². The van der Waals surface area contributed by atoms with Crippen molar-refractivity contribution in [2.45, 2.75) is 96.9 Å². The average Bonchev–Trinajstić information content (AvgIpc) is 2.23. The Kier molecular flexibility index (Phi) is 6.69. The molecule has 6 heteroatoms. The van der Waals surface area contributed by atoms with Crippen LogP contribution in [0.4, 0.5) is 0 Å². The predicted molar refractivity (Wildman–Crippen MR) is 99.0 cm³/mol. The summed E-state index contributed by atoms with van der Waals surface area (Å²) in [7, 11) is -4.09. The van der Waals surface area contributed by atoms with Gasteiger partial charge in [0, 0.05) is 0 Å². The van der Waals surface area contributed by atoms with Crippen LogP contribution in [0.5, 0.6) is 0 Å². The lowest BCUT2D eigenvalue weighted by molar-refractivity contribution is -0.139. The van der Waals surface area contributed by atoms with E-state index >= 15 is 0 Å². The van der Waals surface area contributed by atoms with E-state index in [0.29, 0.717) is 0 Å². The van der Waals surface area contributed by atoms with E-state index in [9.17, 15) is 4.79 Å². The summed E-state index contributed by atoms with van der Waals surface area (Å²) in [6.07, 6.45) is -0.335. The number of carbonyl (C=O) groups is 1. The molecule has 0 heterocycles. The average molecular weight is 348 g/mol. The predicted octanol–water partition coefficient (Wildman–Crippen LogP) is 4.27. The van der Waals surface area contributed by atoms with Gasteiger partial charge in [-0.3, -0.25) is 4.79 Å². The zero-order valence-corrected chi connectivity index (χ0v) is 18.5. The molecule has 1 unspecified atom stereocenters. The van der Waals surface area contributed by atoms with Gasteiger partial charge in [-0.25, -0.2) is 0 Å². The van der Waals surface area contributed by atoms with Gasteiger partial charge in [0.1, 0.15) is 6.04 Å². The van der Waals surface area contributed by atoms with Crippen molar-refractivity contribution >= 4 is 22.6 Å². The Hall–Kier alpha value is -0.176. The lowest BCUT2D eigenvalue weighted by Crippen LogP contribution is -2.53. The van der Waals surface area contributed by atoms with Crippen LogP contribution in [-0.2, 0) is 13.6 Å². The van der Waals surface area contributed by atoms with Crippen LogP contribution in [-0.4, -0.2) is 34.7 Å². The number of carbonyl (C=O) groups excluding carboxylic acids is 1. The van der Waals surface area contributed by atoms with Gasteiger partial charge in [0.25, 0.3) is 8.32 Å². The molecule has 0 bridgehead atoms. The highest BCUT2D eigenvalue weighted by atomic mass is 28.4. The topological polar surface area (TPSA) is 61.5 Å². The molecule has 0 amide bonds. The van der Waals surface area contributed by atoms with E-state index in [0.717, 1.165) is 0 Å². The Morgan fingerprint density at radius 3 is 1.59 bits per heavy atom. The van der Waals surface area contributed by atoms with E-state index in [2.05, 4.69) is 67.7 Å². The summed E-state index contributed by atoms with van der Waals surface area (Å²) in [5.74, 6) is -0.335. The molecule has 2 atom stereocenters. The van der Waals surface area contributed by atoms with Crippen molar-refractivity contribution < 1.29 is 13.6 Å². The molecule has 0 aliphatic carbocycles. The second-order valence-electron chi connectivity index (χ2n) is 9.29. The fraction of sp³-hybridized carbons (Fsp3) is 0.938. The van der Waals surface area contributed by atoms with Crippen LogP contribution in [0, 0.1) is 0 Å². The van der Waals surface area contributed by atoms with E-state index < -0.39 is 22.7 Å². The van der Waals surface area contributed by atoms with Crippen molar-refractivity contribution in [1.29, 1.82) is 0 Å². The summed E-state index contributed by atoms with van der Waals surface area (Å²) in [6, 6.07) is -0.733. The highest BCUT2D eigenvalue weighted by Crippen LogP contribution is 2.38. The van der Waals surface area contributed by atoms with Crippen LogP contribution in [0.3, 0.4) is 0 Å². The molecule has 0 aliphatic rings. The van der Waals surface area contributed by atoms with Crippen molar-refractivity contribution in [3.63, 3.8) is 0 Å². The van der Waals surface area contributed by atoms with Crippen molar-refractivity contribution in [2.75, 3.05) is 0 Å². The first-order valence-electron chi connectivity index (χ1n) is 8.08. The monoisotopic (exact) mass is 347 g/mol. The minimum atomic E-state index is -2.15. The molecule has 22 heavy (non-hydrogen) atoms. The first kappa shape index (κ1) is 21.8. The third-order valence-corrected chi connectivity index (χ3v) is 14.1. The van der Waals surface area contributed by atoms with Crippen LogP contribution in [0.1, 0.15) is 48.5 Å². The molecule has 0 aromatic carbocycles. The summed E-state index contributed by atoms with van der Waals surface area (Å²) in [5.41, 5.74) is 6.11. The normalized spacial score (nSPS) is 17.1. The Bertz CT molecular complexity index is 395. The molecule has 2 N–H and O–H groups in total. The molecule has 0 aromatic rings. The molecule has 0 aromatic heterocycles. The molecule has 0 spiro atoms. The summed E-state index contributed by atoms with van der Waals surface area (Å²) in [4.78, 5) is 12.4. The largest absolute Gasteiger partial charge is 0.518 e. The number of hydrogen-bond acceptors (Lipinski definition) is 4. The van der Waals surface area contributed by atoms with Gasteiger partial charge in [-0.15, -0.1) is 0 Å². The highest BCUT2D eigenvalue weighted by Gasteiger charge is 2.44. The van der Waals surface area contributed by atoms with Crippen LogP contribution in [0.2, 0.25) is 36.3 Å². The van der Waals surface area contributed by atoms with E-state index in [1.54, 1.807) is 0 Å². The molecule has 0 radical (unpaired) electrons. The summed E-state index contributed by atoms with van der Waals surface area (Å²) < 4.78 is 12.0. The van der Waals surface area contributed by atoms with Gasteiger partial charge in [-0.1, -0.05) is 41.5 Å². The van der Waals surface area contributed by atoms with Crippen LogP contribution in [0.25, 0.3) is 0 Å². The zero-order chi connectivity index (χ0) is 18.1. The maximum atomic E-state index is 12.4. The van der Waals surface area contributed by atoms with E-state index in [-0.39, 0.29) is 22.1 Å². The molecule has 4 nitrogen and oxygen atoms in total. The fourth-order valence-corrected chi connectivity index (χ4v) is 3.75. The number of hydrogen-bond donors (Lipinski definition) is 1. The Morgan fingerprint density at radius 2 is 1.27 bits per heavy atom. The lowest BCUT2D eigenvalue weighted by Gasteiger charge is -2.40. The Morgan fingerprint density at radius 1 is 0.909 bits per heavy atom. The van der Waals surface area contributed by atoms with E-state index in [1.165, 1.54) is 0 Å². The third kappa shape index (κ3) is 5.47. The quantitative estimate of drug-likeness (QED) is 0.754. The van der Waals surface area contributed by atoms with Crippen LogP contribution >= 0.6 is 0 Å². The van der Waals surface area contributed by atoms with Crippen LogP contribution < -0.4 is 5.73 Å². The second-order valence-corrected chi connectivity index (χ2v) is 18.8. The first-order chi connectivity index (χ1) is 9.42. The Balaban J connectivity index is 4.92. The van der Waals surface area contributed by atoms with Gasteiger partial charge in [-0.05, 0) is 43.2 Å². The molecule has 0 fully saturated rings. The lowest BCUT2D eigenvalue weighted by atomic mass is 10.2. The minimum absolute atomic E-state index is 0.0219. The molecule has 0 saturated carbocycles. The third-order valence-electron chi connectivity index (χ3n) is 5.23. The molecular formula is C16H37NO3Si2. The fourth-order valence-electron chi connectivity index (χ4n) is 1.38. The molecule has 0 rings (SSSR count). The molecule has 0 saturated heterocycles. The maximum Gasteiger partial charge on any atom is 0.312 e. The first-order valence-corrected chi connectivity index (χ1v) is 13.9. The van der Waals surface area contributed by atoms with Crippen molar-refractivity contribution in [2.24, 2.45) is 5.73 Å². The van der Waals surface area contributed by atoms with Gasteiger partial charge < -0.3 is 14.6 Å². The van der Waals surface area contributed by atoms with Gasteiger partial charge in [0.05, 0.1) is 6.10 Å². The highest BCUT2D eigenvalue weighted by molar-refractivity contribution is 6.75. The van der Waals surface area contributed by atoms with Crippen molar-refractivity contribution in [3.05, 3.63) is 0 Å². The van der Waals surface area contributed by atoms with Gasteiger partial charge in [-0.2, -0.15) is 0 Å². The standard InChI is InChI=1S/C16H37NO3Si2/c1-12(19-21(8,9)15(2,3)4)13(17)14(18)20-22(10,11)16(5,6)7/h12-13H,17H2,1-11H3/t12?,13-/m0/s1. The van der Waals surface area contributed by atoms with Gasteiger partial charge >= 0.3 is 5.97 Å². The molecule has 0 aliphatic heterocycles. The van der Waals surface area contributed by atoms with Crippen LogP contribution in [0.15, 0.2) is 0 Å². The SMILES string of the molecule is CC(O[Si](C)(C)C(C)(C)C)[C@H](N)C(=O)O[Si](C)(C)C(C)(C)C. The van der Waals surface area contributed by atoms with Gasteiger partial charge in [0.2, 0.25) is 0 Å². The molecular weight excluding hydrogens is 310 g/mol. The van der Waals surface area contributed by atoms with Crippen molar-refractivity contribution in [1.82, 2.24) is 0 Å². The van der Waals surface area contributed by atoms with Gasteiger partial charge in [0.15, 0.2) is 8.32 Å². The second kappa shape index (κ2) is 6.75. The Labute approximate surface area is 139 Å². The smallest absolute Gasteiger partial charge is 0.312 e.